The second-order valence-corrected chi connectivity index (χ2v) is 6.28. The van der Waals surface area contributed by atoms with Crippen LogP contribution in [0, 0.1) is 6.92 Å². The monoisotopic (exact) mass is 340 g/mol. The first-order chi connectivity index (χ1) is 11.7. The highest BCUT2D eigenvalue weighted by atomic mass is 35.5. The van der Waals surface area contributed by atoms with E-state index in [2.05, 4.69) is 47.6 Å². The molecule has 4 rings (SSSR count). The van der Waals surface area contributed by atoms with Gasteiger partial charge in [-0.25, -0.2) is 4.98 Å². The van der Waals surface area contributed by atoms with Crippen molar-refractivity contribution in [2.75, 3.05) is 6.79 Å². The molecule has 2 heterocycles. The number of nitrogens with one attached hydrogen (secondary N) is 1. The lowest BCUT2D eigenvalue weighted by Gasteiger charge is -2.09. The van der Waals surface area contributed by atoms with Crippen LogP contribution in [-0.4, -0.2) is 11.8 Å². The quantitative estimate of drug-likeness (QED) is 0.722. The maximum atomic E-state index is 6.33. The van der Waals surface area contributed by atoms with Crippen LogP contribution in [-0.2, 0) is 13.1 Å². The third-order valence-electron chi connectivity index (χ3n) is 4.10. The molecule has 0 unspecified atom stereocenters. The zero-order chi connectivity index (χ0) is 16.5. The van der Waals surface area contributed by atoms with Crippen LogP contribution in [0.2, 0.25) is 5.15 Å². The molecule has 5 heteroatoms. The summed E-state index contributed by atoms with van der Waals surface area (Å²) in [6.07, 6.45) is 0. The number of fused-ring (bicyclic) bond motifs is 2. The number of benzene rings is 2. The normalized spacial score (nSPS) is 12.8. The van der Waals surface area contributed by atoms with Crippen LogP contribution in [0.4, 0.5) is 0 Å². The average Bonchev–Trinajstić information content (AvgIpc) is 3.02. The van der Waals surface area contributed by atoms with Crippen molar-refractivity contribution in [2.24, 2.45) is 0 Å². The second-order valence-electron chi connectivity index (χ2n) is 5.93. The molecule has 2 aromatic carbocycles. The van der Waals surface area contributed by atoms with E-state index in [4.69, 9.17) is 21.1 Å². The Labute approximate surface area is 145 Å². The van der Waals surface area contributed by atoms with E-state index in [9.17, 15) is 0 Å². The Kier molecular flexibility index (Phi) is 4.00. The van der Waals surface area contributed by atoms with E-state index in [1.807, 2.05) is 12.1 Å². The van der Waals surface area contributed by atoms with Crippen molar-refractivity contribution >= 4 is 22.5 Å². The summed E-state index contributed by atoms with van der Waals surface area (Å²) in [5.74, 6) is 1.47. The zero-order valence-corrected chi connectivity index (χ0v) is 14.1. The molecule has 122 valence electrons. The Bertz CT molecular complexity index is 894. The lowest BCUT2D eigenvalue weighted by Crippen LogP contribution is -2.13. The number of pyridine rings is 1. The summed E-state index contributed by atoms with van der Waals surface area (Å²) in [5.41, 5.74) is 4.29. The second kappa shape index (κ2) is 6.30. The van der Waals surface area contributed by atoms with Crippen molar-refractivity contribution in [2.45, 2.75) is 20.0 Å². The lowest BCUT2D eigenvalue weighted by molar-refractivity contribution is 0.174. The van der Waals surface area contributed by atoms with Gasteiger partial charge in [0.15, 0.2) is 11.5 Å². The Morgan fingerprint density at radius 3 is 2.58 bits per heavy atom. The van der Waals surface area contributed by atoms with E-state index in [1.165, 1.54) is 11.1 Å². The van der Waals surface area contributed by atoms with Gasteiger partial charge < -0.3 is 14.8 Å². The molecular formula is C19H17ClN2O2. The number of hydrogen-bond donors (Lipinski definition) is 1. The molecule has 0 amide bonds. The van der Waals surface area contributed by atoms with Crippen molar-refractivity contribution in [3.63, 3.8) is 0 Å². The van der Waals surface area contributed by atoms with Crippen molar-refractivity contribution in [1.82, 2.24) is 10.3 Å². The Morgan fingerprint density at radius 2 is 1.79 bits per heavy atom. The van der Waals surface area contributed by atoms with E-state index in [-0.39, 0.29) is 6.79 Å². The van der Waals surface area contributed by atoms with Crippen molar-refractivity contribution < 1.29 is 9.47 Å². The van der Waals surface area contributed by atoms with E-state index < -0.39 is 0 Å². The number of halogens is 1. The maximum absolute atomic E-state index is 6.33. The fourth-order valence-electron chi connectivity index (χ4n) is 2.76. The van der Waals surface area contributed by atoms with Gasteiger partial charge in [0.2, 0.25) is 6.79 Å². The smallest absolute Gasteiger partial charge is 0.231 e. The summed E-state index contributed by atoms with van der Waals surface area (Å²) in [7, 11) is 0. The van der Waals surface area contributed by atoms with Gasteiger partial charge in [0.25, 0.3) is 0 Å². The predicted octanol–water partition coefficient (Wildman–Crippen LogP) is 4.22. The lowest BCUT2D eigenvalue weighted by atomic mass is 10.1. The van der Waals surface area contributed by atoms with Crippen molar-refractivity contribution in [3.05, 3.63) is 64.3 Å². The molecule has 1 N–H and O–H groups in total. The van der Waals surface area contributed by atoms with Gasteiger partial charge >= 0.3 is 0 Å². The minimum atomic E-state index is 0.254. The molecule has 0 radical (unpaired) electrons. The zero-order valence-electron chi connectivity index (χ0n) is 13.3. The standard InChI is InChI=1S/C19H17ClN2O2/c1-12-2-4-13(5-3-12)9-21-10-15-6-14-7-17-18(24-11-23-17)8-16(14)22-19(15)20/h2-8,21H,9-11H2,1H3. The Hall–Kier alpha value is -2.30. The minimum Gasteiger partial charge on any atom is -0.454 e. The topological polar surface area (TPSA) is 43.4 Å². The molecule has 1 aliphatic rings. The van der Waals surface area contributed by atoms with Crippen LogP contribution in [0.1, 0.15) is 16.7 Å². The van der Waals surface area contributed by atoms with Crippen LogP contribution in [0.3, 0.4) is 0 Å². The molecule has 24 heavy (non-hydrogen) atoms. The predicted molar refractivity (Wildman–Crippen MR) is 94.6 cm³/mol. The number of aromatic nitrogens is 1. The highest BCUT2D eigenvalue weighted by molar-refractivity contribution is 6.30. The van der Waals surface area contributed by atoms with Crippen LogP contribution >= 0.6 is 11.6 Å². The molecule has 1 aromatic heterocycles. The maximum Gasteiger partial charge on any atom is 0.231 e. The summed E-state index contributed by atoms with van der Waals surface area (Å²) < 4.78 is 10.8. The van der Waals surface area contributed by atoms with Crippen molar-refractivity contribution in [3.8, 4) is 11.5 Å². The molecule has 0 aliphatic carbocycles. The third kappa shape index (κ3) is 3.03. The number of hydrogen-bond acceptors (Lipinski definition) is 4. The molecule has 4 nitrogen and oxygen atoms in total. The largest absolute Gasteiger partial charge is 0.454 e. The highest BCUT2D eigenvalue weighted by Gasteiger charge is 2.16. The first-order valence-electron chi connectivity index (χ1n) is 7.84. The summed E-state index contributed by atoms with van der Waals surface area (Å²) in [4.78, 5) is 4.48. The first-order valence-corrected chi connectivity index (χ1v) is 8.22. The third-order valence-corrected chi connectivity index (χ3v) is 4.43. The summed E-state index contributed by atoms with van der Waals surface area (Å²) in [5, 5.41) is 4.92. The molecule has 0 bridgehead atoms. The molecule has 1 aliphatic heterocycles. The van der Waals surface area contributed by atoms with Gasteiger partial charge in [0, 0.05) is 30.1 Å². The molecule has 0 saturated heterocycles. The molecule has 0 spiro atoms. The Morgan fingerprint density at radius 1 is 1.04 bits per heavy atom. The number of rotatable bonds is 4. The Balaban J connectivity index is 1.52. The van der Waals surface area contributed by atoms with Gasteiger partial charge in [0.05, 0.1) is 5.52 Å². The SMILES string of the molecule is Cc1ccc(CNCc2cc3cc4c(cc3nc2Cl)OCO4)cc1. The molecule has 0 fully saturated rings. The molecule has 0 saturated carbocycles. The number of nitrogens with zero attached hydrogens (tertiary/aromatic N) is 1. The fraction of sp³-hybridized carbons (Fsp3) is 0.211. The molecule has 0 atom stereocenters. The number of aryl methyl sites for hydroxylation is 1. The van der Waals surface area contributed by atoms with Gasteiger partial charge in [-0.3, -0.25) is 0 Å². The van der Waals surface area contributed by atoms with Gasteiger partial charge in [0.1, 0.15) is 5.15 Å². The van der Waals surface area contributed by atoms with E-state index in [0.29, 0.717) is 11.7 Å². The number of ether oxygens (including phenoxy) is 2. The first kappa shape index (κ1) is 15.2. The molecule has 3 aromatic rings. The van der Waals surface area contributed by atoms with E-state index >= 15 is 0 Å². The van der Waals surface area contributed by atoms with Gasteiger partial charge in [-0.15, -0.1) is 0 Å². The average molecular weight is 341 g/mol. The summed E-state index contributed by atoms with van der Waals surface area (Å²) in [6, 6.07) is 14.4. The van der Waals surface area contributed by atoms with Crippen LogP contribution in [0.15, 0.2) is 42.5 Å². The fourth-order valence-corrected chi connectivity index (χ4v) is 2.97. The van der Waals surface area contributed by atoms with E-state index in [0.717, 1.165) is 34.5 Å². The highest BCUT2D eigenvalue weighted by Crippen LogP contribution is 2.36. The van der Waals surface area contributed by atoms with Crippen LogP contribution in [0.25, 0.3) is 10.9 Å². The summed E-state index contributed by atoms with van der Waals surface area (Å²) in [6.45, 7) is 3.79. The van der Waals surface area contributed by atoms with Gasteiger partial charge in [-0.05, 0) is 24.6 Å². The van der Waals surface area contributed by atoms with E-state index in [1.54, 1.807) is 0 Å². The minimum absolute atomic E-state index is 0.254. The summed E-state index contributed by atoms with van der Waals surface area (Å²) >= 11 is 6.33. The van der Waals surface area contributed by atoms with Crippen LogP contribution < -0.4 is 14.8 Å². The van der Waals surface area contributed by atoms with Crippen LogP contribution in [0.5, 0.6) is 11.5 Å². The molecular weight excluding hydrogens is 324 g/mol. The van der Waals surface area contributed by atoms with Gasteiger partial charge in [-0.2, -0.15) is 0 Å². The van der Waals surface area contributed by atoms with Gasteiger partial charge in [-0.1, -0.05) is 41.4 Å². The van der Waals surface area contributed by atoms with Crippen molar-refractivity contribution in [1.29, 1.82) is 0 Å².